The molecule has 6 rings (SSSR count). The predicted molar refractivity (Wildman–Crippen MR) is 186 cm³/mol. The maximum atomic E-state index is 13.8. The first-order valence-corrected chi connectivity index (χ1v) is 16.5. The summed E-state index contributed by atoms with van der Waals surface area (Å²) >= 11 is 0. The first kappa shape index (κ1) is 33.4. The van der Waals surface area contributed by atoms with E-state index < -0.39 is 23.4 Å². The van der Waals surface area contributed by atoms with Crippen LogP contribution in [0.2, 0.25) is 0 Å². The van der Waals surface area contributed by atoms with E-state index in [2.05, 4.69) is 10.2 Å². The number of carbonyl (C=O) groups excluding carboxylic acids is 2. The van der Waals surface area contributed by atoms with Crippen molar-refractivity contribution in [2.45, 2.75) is 33.1 Å². The number of nitrogens with one attached hydrogen (secondary N) is 1. The number of rotatable bonds is 11. The van der Waals surface area contributed by atoms with Crippen molar-refractivity contribution in [1.82, 2.24) is 4.98 Å². The van der Waals surface area contributed by atoms with Crippen molar-refractivity contribution in [3.63, 3.8) is 0 Å². The molecule has 2 heterocycles. The number of nitro groups is 1. The summed E-state index contributed by atoms with van der Waals surface area (Å²) in [4.78, 5) is 44.8. The summed E-state index contributed by atoms with van der Waals surface area (Å²) in [5.74, 6) is -0.0626. The lowest BCUT2D eigenvalue weighted by Gasteiger charge is -2.31. The molecule has 2 aliphatic rings. The van der Waals surface area contributed by atoms with Crippen molar-refractivity contribution in [1.29, 1.82) is 0 Å². The molecule has 3 aromatic carbocycles. The molecule has 1 N–H and O–H groups in total. The standard InChI is InChI=1S/C37H38N4O8/c1-3-47-32-22-31(40-16-18-46-19-17-40)33(48-4-2)21-30(32)38-34(42)23-49-37(43)35-27-9-5-6-11-29(27)39-36-25(8-7-10-28(35)36)20-24-12-14-26(15-13-24)41(44)45/h5-6,9,11-15,20-22H,3-4,7-8,10,16-19,23H2,1-2H3,(H,38,42)/b25-20-. The lowest BCUT2D eigenvalue weighted by molar-refractivity contribution is -0.384. The maximum absolute atomic E-state index is 13.8. The Balaban J connectivity index is 1.25. The molecule has 0 saturated carbocycles. The number of para-hydroxylation sites is 1. The van der Waals surface area contributed by atoms with Crippen LogP contribution in [0.4, 0.5) is 17.1 Å². The molecule has 0 radical (unpaired) electrons. The van der Waals surface area contributed by atoms with Gasteiger partial charge in [0.25, 0.3) is 11.6 Å². The molecule has 1 fully saturated rings. The van der Waals surface area contributed by atoms with Gasteiger partial charge in [0.1, 0.15) is 11.5 Å². The molecule has 12 nitrogen and oxygen atoms in total. The predicted octanol–water partition coefficient (Wildman–Crippen LogP) is 6.45. The third kappa shape index (κ3) is 7.49. The minimum Gasteiger partial charge on any atom is -0.492 e. The van der Waals surface area contributed by atoms with Gasteiger partial charge < -0.3 is 29.2 Å². The zero-order valence-corrected chi connectivity index (χ0v) is 27.5. The Hall–Kier alpha value is -5.49. The van der Waals surface area contributed by atoms with E-state index in [0.717, 1.165) is 35.2 Å². The quantitative estimate of drug-likeness (QED) is 0.108. The minimum absolute atomic E-state index is 0.0123. The number of ether oxygens (including phenoxy) is 4. The first-order chi connectivity index (χ1) is 23.9. The Morgan fingerprint density at radius 1 is 1.00 bits per heavy atom. The summed E-state index contributed by atoms with van der Waals surface area (Å²) in [5, 5.41) is 14.6. The maximum Gasteiger partial charge on any atom is 0.339 e. The minimum atomic E-state index is -0.621. The van der Waals surface area contributed by atoms with Crippen molar-refractivity contribution in [3.8, 4) is 11.5 Å². The zero-order chi connectivity index (χ0) is 34.3. The second-order valence-corrected chi connectivity index (χ2v) is 11.6. The monoisotopic (exact) mass is 666 g/mol. The smallest absolute Gasteiger partial charge is 0.339 e. The summed E-state index contributed by atoms with van der Waals surface area (Å²) in [6.07, 6.45) is 4.05. The van der Waals surface area contributed by atoms with Gasteiger partial charge in [0.05, 0.1) is 59.5 Å². The number of aromatic nitrogens is 1. The molecule has 12 heteroatoms. The van der Waals surface area contributed by atoms with Crippen LogP contribution in [-0.4, -0.2) is 67.9 Å². The van der Waals surface area contributed by atoms with Crippen LogP contribution in [0.3, 0.4) is 0 Å². The Kier molecular flexibility index (Phi) is 10.3. The number of morpholine rings is 1. The van der Waals surface area contributed by atoms with Crippen molar-refractivity contribution in [2.24, 2.45) is 0 Å². The number of esters is 1. The molecule has 0 spiro atoms. The van der Waals surface area contributed by atoms with E-state index in [9.17, 15) is 19.7 Å². The van der Waals surface area contributed by atoms with Gasteiger partial charge in [0, 0.05) is 42.7 Å². The van der Waals surface area contributed by atoms with Gasteiger partial charge in [-0.25, -0.2) is 9.78 Å². The average Bonchev–Trinajstić information content (AvgIpc) is 3.11. The number of anilines is 2. The van der Waals surface area contributed by atoms with Gasteiger partial charge >= 0.3 is 5.97 Å². The third-order valence-corrected chi connectivity index (χ3v) is 8.44. The lowest BCUT2D eigenvalue weighted by atomic mass is 9.86. The topological polar surface area (TPSA) is 142 Å². The van der Waals surface area contributed by atoms with E-state index in [4.69, 9.17) is 23.9 Å². The number of amides is 1. The number of non-ortho nitro benzene ring substituents is 1. The average molecular weight is 667 g/mol. The van der Waals surface area contributed by atoms with Gasteiger partial charge in [0.15, 0.2) is 6.61 Å². The number of benzene rings is 3. The van der Waals surface area contributed by atoms with E-state index in [0.29, 0.717) is 85.3 Å². The lowest BCUT2D eigenvalue weighted by Crippen LogP contribution is -2.36. The molecule has 254 valence electrons. The van der Waals surface area contributed by atoms with Crippen LogP contribution in [0.15, 0.2) is 60.7 Å². The number of nitrogens with zero attached hydrogens (tertiary/aromatic N) is 3. The van der Waals surface area contributed by atoms with Crippen LogP contribution < -0.4 is 19.7 Å². The van der Waals surface area contributed by atoms with Crippen LogP contribution in [0.5, 0.6) is 11.5 Å². The summed E-state index contributed by atoms with van der Waals surface area (Å²) < 4.78 is 23.0. The van der Waals surface area contributed by atoms with Crippen LogP contribution in [0.1, 0.15) is 53.9 Å². The second kappa shape index (κ2) is 15.2. The molecule has 0 atom stereocenters. The van der Waals surface area contributed by atoms with Crippen LogP contribution in [-0.2, 0) is 20.7 Å². The number of allylic oxidation sites excluding steroid dienone is 1. The fourth-order valence-corrected chi connectivity index (χ4v) is 6.24. The van der Waals surface area contributed by atoms with E-state index in [-0.39, 0.29) is 5.69 Å². The highest BCUT2D eigenvalue weighted by atomic mass is 16.6. The molecule has 1 amide bonds. The molecule has 1 aliphatic heterocycles. The molecule has 0 unspecified atom stereocenters. The molecule has 4 aromatic rings. The number of fused-ring (bicyclic) bond motifs is 2. The van der Waals surface area contributed by atoms with Crippen LogP contribution >= 0.6 is 0 Å². The summed E-state index contributed by atoms with van der Waals surface area (Å²) in [5.41, 5.74) is 5.43. The first-order valence-electron chi connectivity index (χ1n) is 16.5. The molecular weight excluding hydrogens is 628 g/mol. The number of nitro benzene ring substituents is 1. The van der Waals surface area contributed by atoms with Gasteiger partial charge in [-0.1, -0.05) is 18.2 Å². The highest BCUT2D eigenvalue weighted by molar-refractivity contribution is 6.07. The van der Waals surface area contributed by atoms with E-state index >= 15 is 0 Å². The van der Waals surface area contributed by atoms with Crippen LogP contribution in [0.25, 0.3) is 22.6 Å². The number of hydrogen-bond donors (Lipinski definition) is 1. The SMILES string of the molecule is CCOc1cc(N2CCOCC2)c(OCC)cc1NC(=O)COC(=O)c1c2c(nc3ccccc13)/C(=C\c1ccc([N+](=O)[O-])cc1)CCC2. The molecule has 1 saturated heterocycles. The molecule has 49 heavy (non-hydrogen) atoms. The van der Waals surface area contributed by atoms with Crippen LogP contribution in [0, 0.1) is 10.1 Å². The Morgan fingerprint density at radius 2 is 1.73 bits per heavy atom. The highest BCUT2D eigenvalue weighted by Crippen LogP contribution is 2.40. The zero-order valence-electron chi connectivity index (χ0n) is 27.5. The number of hydrogen-bond acceptors (Lipinski definition) is 10. The van der Waals surface area contributed by atoms with Gasteiger partial charge in [-0.05, 0) is 74.1 Å². The largest absolute Gasteiger partial charge is 0.492 e. The summed E-state index contributed by atoms with van der Waals surface area (Å²) in [7, 11) is 0. The summed E-state index contributed by atoms with van der Waals surface area (Å²) in [6.45, 7) is 6.68. The van der Waals surface area contributed by atoms with E-state index in [1.807, 2.05) is 50.3 Å². The van der Waals surface area contributed by atoms with Crippen molar-refractivity contribution < 1.29 is 33.5 Å². The Morgan fingerprint density at radius 3 is 2.47 bits per heavy atom. The van der Waals surface area contributed by atoms with E-state index in [1.54, 1.807) is 18.2 Å². The fraction of sp³-hybridized carbons (Fsp3) is 0.324. The Bertz CT molecular complexity index is 1900. The Labute approximate surface area is 283 Å². The normalized spacial score (nSPS) is 15.1. The molecule has 0 bridgehead atoms. The van der Waals surface area contributed by atoms with Crippen molar-refractivity contribution in [2.75, 3.05) is 56.3 Å². The van der Waals surface area contributed by atoms with Gasteiger partial charge in [0.2, 0.25) is 0 Å². The van der Waals surface area contributed by atoms with Gasteiger partial charge in [-0.2, -0.15) is 0 Å². The highest BCUT2D eigenvalue weighted by Gasteiger charge is 2.27. The molecule has 1 aromatic heterocycles. The second-order valence-electron chi connectivity index (χ2n) is 11.6. The number of pyridine rings is 1. The molecular formula is C37H38N4O8. The van der Waals surface area contributed by atoms with Gasteiger partial charge in [-0.3, -0.25) is 14.9 Å². The fourth-order valence-electron chi connectivity index (χ4n) is 6.24. The van der Waals surface area contributed by atoms with Crippen molar-refractivity contribution >= 4 is 51.5 Å². The molecule has 1 aliphatic carbocycles. The number of carbonyl (C=O) groups is 2. The summed E-state index contributed by atoms with van der Waals surface area (Å²) in [6, 6.07) is 17.3. The van der Waals surface area contributed by atoms with Gasteiger partial charge in [-0.15, -0.1) is 0 Å². The van der Waals surface area contributed by atoms with E-state index in [1.165, 1.54) is 12.1 Å². The third-order valence-electron chi connectivity index (χ3n) is 8.44. The van der Waals surface area contributed by atoms with Crippen molar-refractivity contribution in [3.05, 3.63) is 93.2 Å².